The number of aromatic nitrogens is 2. The van der Waals surface area contributed by atoms with Crippen LogP contribution in [0.2, 0.25) is 0 Å². The Balaban J connectivity index is 1.42. The molecule has 0 unspecified atom stereocenters. The highest BCUT2D eigenvalue weighted by atomic mass is 32.2. The lowest BCUT2D eigenvalue weighted by Gasteiger charge is -2.08. The summed E-state index contributed by atoms with van der Waals surface area (Å²) in [5.74, 6) is 1.47. The second-order valence-electron chi connectivity index (χ2n) is 7.11. The lowest BCUT2D eigenvalue weighted by Crippen LogP contribution is -2.12. The molecule has 1 heterocycles. The summed E-state index contributed by atoms with van der Waals surface area (Å²) in [5, 5.41) is 3.97. The van der Waals surface area contributed by atoms with Crippen LogP contribution in [0.15, 0.2) is 82.2 Å². The van der Waals surface area contributed by atoms with Crippen molar-refractivity contribution >= 4 is 15.7 Å². The maximum absolute atomic E-state index is 12.5. The molecule has 4 rings (SSSR count). The van der Waals surface area contributed by atoms with E-state index in [-0.39, 0.29) is 11.5 Å². The Labute approximate surface area is 180 Å². The van der Waals surface area contributed by atoms with E-state index in [2.05, 4.69) is 14.9 Å². The summed E-state index contributed by atoms with van der Waals surface area (Å²) in [6, 6.07) is 21.1. The van der Waals surface area contributed by atoms with Crippen LogP contribution in [0, 0.1) is 13.8 Å². The minimum absolute atomic E-state index is 0.158. The van der Waals surface area contributed by atoms with Crippen molar-refractivity contribution in [3.8, 4) is 17.1 Å². The normalized spacial score (nSPS) is 11.3. The second-order valence-corrected chi connectivity index (χ2v) is 8.80. The predicted octanol–water partition coefficient (Wildman–Crippen LogP) is 4.73. The van der Waals surface area contributed by atoms with Crippen molar-refractivity contribution in [3.05, 3.63) is 89.8 Å². The SMILES string of the molecule is Cc1ccc(S(=O)(=O)Nc2ccc(-c3noc(COc4cccc(C)c4)n3)cc2)cc1. The summed E-state index contributed by atoms with van der Waals surface area (Å²) in [6.07, 6.45) is 0. The van der Waals surface area contributed by atoms with Gasteiger partial charge in [0.15, 0.2) is 6.61 Å². The number of nitrogens with one attached hydrogen (secondary N) is 1. The number of sulfonamides is 1. The molecular weight excluding hydrogens is 414 g/mol. The molecule has 0 saturated heterocycles. The molecule has 0 aliphatic rings. The van der Waals surface area contributed by atoms with E-state index in [0.29, 0.717) is 23.0 Å². The highest BCUT2D eigenvalue weighted by Crippen LogP contribution is 2.22. The van der Waals surface area contributed by atoms with Gasteiger partial charge in [-0.15, -0.1) is 0 Å². The Kier molecular flexibility index (Phi) is 5.73. The van der Waals surface area contributed by atoms with Gasteiger partial charge in [0, 0.05) is 11.3 Å². The molecule has 158 valence electrons. The third kappa shape index (κ3) is 5.10. The third-order valence-corrected chi connectivity index (χ3v) is 5.94. The highest BCUT2D eigenvalue weighted by molar-refractivity contribution is 7.92. The van der Waals surface area contributed by atoms with Crippen molar-refractivity contribution < 1.29 is 17.7 Å². The first-order valence-corrected chi connectivity index (χ1v) is 11.1. The van der Waals surface area contributed by atoms with Crippen LogP contribution in [0.3, 0.4) is 0 Å². The quantitative estimate of drug-likeness (QED) is 0.451. The van der Waals surface area contributed by atoms with Crippen LogP contribution in [-0.2, 0) is 16.6 Å². The molecule has 0 aliphatic heterocycles. The topological polar surface area (TPSA) is 94.3 Å². The molecule has 3 aromatic carbocycles. The van der Waals surface area contributed by atoms with Gasteiger partial charge in [-0.3, -0.25) is 4.72 Å². The van der Waals surface area contributed by atoms with E-state index in [1.165, 1.54) is 0 Å². The number of benzene rings is 3. The number of nitrogens with zero attached hydrogens (tertiary/aromatic N) is 2. The van der Waals surface area contributed by atoms with Gasteiger partial charge < -0.3 is 9.26 Å². The van der Waals surface area contributed by atoms with Gasteiger partial charge in [-0.25, -0.2) is 8.42 Å². The van der Waals surface area contributed by atoms with Crippen molar-refractivity contribution in [2.75, 3.05) is 4.72 Å². The Morgan fingerprint density at radius 3 is 2.39 bits per heavy atom. The van der Waals surface area contributed by atoms with Gasteiger partial charge in [0.25, 0.3) is 15.9 Å². The maximum Gasteiger partial charge on any atom is 0.264 e. The lowest BCUT2D eigenvalue weighted by molar-refractivity contribution is 0.243. The minimum atomic E-state index is -3.66. The fraction of sp³-hybridized carbons (Fsp3) is 0.130. The molecular formula is C23H21N3O4S. The number of aryl methyl sites for hydroxylation is 2. The number of ether oxygens (including phenoxy) is 1. The molecule has 1 aromatic heterocycles. The fourth-order valence-electron chi connectivity index (χ4n) is 2.90. The van der Waals surface area contributed by atoms with E-state index in [1.807, 2.05) is 38.1 Å². The second kappa shape index (κ2) is 8.61. The zero-order valence-corrected chi connectivity index (χ0v) is 17.9. The monoisotopic (exact) mass is 435 g/mol. The molecule has 0 fully saturated rings. The first kappa shape index (κ1) is 20.6. The number of rotatable bonds is 7. The van der Waals surface area contributed by atoms with Crippen LogP contribution < -0.4 is 9.46 Å². The minimum Gasteiger partial charge on any atom is -0.484 e. The van der Waals surface area contributed by atoms with E-state index >= 15 is 0 Å². The van der Waals surface area contributed by atoms with Crippen LogP contribution >= 0.6 is 0 Å². The first-order valence-electron chi connectivity index (χ1n) is 9.61. The summed E-state index contributed by atoms with van der Waals surface area (Å²) >= 11 is 0. The van der Waals surface area contributed by atoms with Gasteiger partial charge in [0.2, 0.25) is 5.82 Å². The van der Waals surface area contributed by atoms with Crippen molar-refractivity contribution in [1.82, 2.24) is 10.1 Å². The standard InChI is InChI=1S/C23H21N3O4S/c1-16-6-12-21(13-7-16)31(27,28)26-19-10-8-18(9-11-19)23-24-22(30-25-23)15-29-20-5-3-4-17(2)14-20/h3-14,26H,15H2,1-2H3. The molecule has 0 bridgehead atoms. The van der Waals surface area contributed by atoms with Gasteiger partial charge in [0.05, 0.1) is 4.90 Å². The summed E-state index contributed by atoms with van der Waals surface area (Å²) in [4.78, 5) is 4.54. The number of hydrogen-bond acceptors (Lipinski definition) is 6. The van der Waals surface area contributed by atoms with E-state index < -0.39 is 10.0 Å². The molecule has 0 spiro atoms. The van der Waals surface area contributed by atoms with Crippen LogP contribution in [0.1, 0.15) is 17.0 Å². The van der Waals surface area contributed by atoms with Crippen LogP contribution in [0.4, 0.5) is 5.69 Å². The Hall–Kier alpha value is -3.65. The van der Waals surface area contributed by atoms with Gasteiger partial charge in [-0.1, -0.05) is 35.0 Å². The van der Waals surface area contributed by atoms with Crippen molar-refractivity contribution in [1.29, 1.82) is 0 Å². The van der Waals surface area contributed by atoms with Gasteiger partial charge in [-0.05, 0) is 67.9 Å². The molecule has 0 saturated carbocycles. The average molecular weight is 436 g/mol. The molecule has 31 heavy (non-hydrogen) atoms. The highest BCUT2D eigenvalue weighted by Gasteiger charge is 2.15. The van der Waals surface area contributed by atoms with Crippen molar-refractivity contribution in [3.63, 3.8) is 0 Å². The van der Waals surface area contributed by atoms with Gasteiger partial charge in [0.1, 0.15) is 5.75 Å². The Bertz CT molecular complexity index is 1280. The maximum atomic E-state index is 12.5. The van der Waals surface area contributed by atoms with Gasteiger partial charge >= 0.3 is 0 Å². The van der Waals surface area contributed by atoms with E-state index in [0.717, 1.165) is 16.9 Å². The molecule has 8 heteroatoms. The van der Waals surface area contributed by atoms with E-state index in [1.54, 1.807) is 48.5 Å². The lowest BCUT2D eigenvalue weighted by atomic mass is 10.2. The Morgan fingerprint density at radius 1 is 0.935 bits per heavy atom. The summed E-state index contributed by atoms with van der Waals surface area (Å²) < 4.78 is 38.5. The summed E-state index contributed by atoms with van der Waals surface area (Å²) in [7, 11) is -3.66. The molecule has 0 aliphatic carbocycles. The Morgan fingerprint density at radius 2 is 1.68 bits per heavy atom. The molecule has 0 amide bonds. The molecule has 1 N–H and O–H groups in total. The zero-order chi connectivity index (χ0) is 21.8. The van der Waals surface area contributed by atoms with Crippen molar-refractivity contribution in [2.24, 2.45) is 0 Å². The largest absolute Gasteiger partial charge is 0.484 e. The fourth-order valence-corrected chi connectivity index (χ4v) is 3.96. The summed E-state index contributed by atoms with van der Waals surface area (Å²) in [6.45, 7) is 4.05. The van der Waals surface area contributed by atoms with E-state index in [9.17, 15) is 8.42 Å². The first-order chi connectivity index (χ1) is 14.9. The average Bonchev–Trinajstić information content (AvgIpc) is 3.22. The van der Waals surface area contributed by atoms with Crippen LogP contribution in [-0.4, -0.2) is 18.6 Å². The summed E-state index contributed by atoms with van der Waals surface area (Å²) in [5.41, 5.74) is 3.23. The molecule has 7 nitrogen and oxygen atoms in total. The molecule has 0 radical (unpaired) electrons. The zero-order valence-electron chi connectivity index (χ0n) is 17.1. The third-order valence-electron chi connectivity index (χ3n) is 4.55. The molecule has 4 aromatic rings. The van der Waals surface area contributed by atoms with Crippen LogP contribution in [0.25, 0.3) is 11.4 Å². The number of anilines is 1. The van der Waals surface area contributed by atoms with Gasteiger partial charge in [-0.2, -0.15) is 4.98 Å². The van der Waals surface area contributed by atoms with E-state index in [4.69, 9.17) is 9.26 Å². The van der Waals surface area contributed by atoms with Crippen LogP contribution in [0.5, 0.6) is 5.75 Å². The van der Waals surface area contributed by atoms with Crippen molar-refractivity contribution in [2.45, 2.75) is 25.3 Å². The smallest absolute Gasteiger partial charge is 0.264 e. The predicted molar refractivity (Wildman–Crippen MR) is 117 cm³/mol. The number of hydrogen-bond donors (Lipinski definition) is 1. The molecule has 0 atom stereocenters.